The third-order valence-corrected chi connectivity index (χ3v) is 5.44. The topological polar surface area (TPSA) is 61.7 Å². The SMILES string of the molecule is CC(C)(C)OC(=O)CCOCCOCCNCc1cc(F)cc2c1ccn2Cc1ccc(Cl)cc1. The molecule has 1 N–H and O–H groups in total. The number of ether oxygens (including phenoxy) is 3. The highest BCUT2D eigenvalue weighted by Gasteiger charge is 2.15. The monoisotopic (exact) mass is 504 g/mol. The minimum absolute atomic E-state index is 0.225. The maximum Gasteiger partial charge on any atom is 0.308 e. The molecule has 0 bridgehead atoms. The number of carbonyl (C=O) groups is 1. The Labute approximate surface area is 211 Å². The van der Waals surface area contributed by atoms with Crippen LogP contribution in [0.5, 0.6) is 0 Å². The Morgan fingerprint density at radius 3 is 2.46 bits per heavy atom. The zero-order valence-electron chi connectivity index (χ0n) is 20.6. The van der Waals surface area contributed by atoms with Crippen molar-refractivity contribution in [3.8, 4) is 0 Å². The molecule has 0 aliphatic heterocycles. The first-order valence-corrected chi connectivity index (χ1v) is 12.2. The number of fused-ring (bicyclic) bond motifs is 1. The maximum atomic E-state index is 14.3. The van der Waals surface area contributed by atoms with Crippen LogP contribution in [0.2, 0.25) is 5.02 Å². The Hall–Kier alpha value is -2.45. The second-order valence-corrected chi connectivity index (χ2v) is 9.74. The highest BCUT2D eigenvalue weighted by Crippen LogP contribution is 2.23. The van der Waals surface area contributed by atoms with Crippen LogP contribution in [-0.4, -0.2) is 49.1 Å². The van der Waals surface area contributed by atoms with Gasteiger partial charge in [0.05, 0.1) is 38.4 Å². The second-order valence-electron chi connectivity index (χ2n) is 9.31. The van der Waals surface area contributed by atoms with Crippen LogP contribution < -0.4 is 5.32 Å². The summed E-state index contributed by atoms with van der Waals surface area (Å²) in [5, 5.41) is 5.02. The third-order valence-electron chi connectivity index (χ3n) is 5.19. The van der Waals surface area contributed by atoms with Gasteiger partial charge in [-0.05, 0) is 62.2 Å². The molecule has 3 aromatic rings. The number of rotatable bonds is 13. The molecule has 35 heavy (non-hydrogen) atoms. The Morgan fingerprint density at radius 2 is 1.74 bits per heavy atom. The minimum atomic E-state index is -0.480. The van der Waals surface area contributed by atoms with Gasteiger partial charge < -0.3 is 24.1 Å². The summed E-state index contributed by atoms with van der Waals surface area (Å²) in [6.45, 7) is 8.98. The molecule has 1 aromatic heterocycles. The quantitative estimate of drug-likeness (QED) is 0.251. The number of hydrogen-bond acceptors (Lipinski definition) is 5. The first kappa shape index (κ1) is 27.1. The fourth-order valence-corrected chi connectivity index (χ4v) is 3.77. The normalized spacial score (nSPS) is 11.8. The largest absolute Gasteiger partial charge is 0.460 e. The molecule has 6 nitrogen and oxygen atoms in total. The molecule has 0 amide bonds. The van der Waals surface area contributed by atoms with Gasteiger partial charge in [0.15, 0.2) is 0 Å². The van der Waals surface area contributed by atoms with Gasteiger partial charge in [0.1, 0.15) is 11.4 Å². The molecule has 0 unspecified atom stereocenters. The third kappa shape index (κ3) is 9.26. The van der Waals surface area contributed by atoms with Gasteiger partial charge in [-0.15, -0.1) is 0 Å². The van der Waals surface area contributed by atoms with Crippen LogP contribution in [0.15, 0.2) is 48.7 Å². The van der Waals surface area contributed by atoms with Crippen LogP contribution in [0.3, 0.4) is 0 Å². The van der Waals surface area contributed by atoms with Gasteiger partial charge in [0.2, 0.25) is 0 Å². The standard InChI is InChI=1S/C27H34ClFN2O4/c1-27(2,3)35-26(32)9-12-33-14-15-34-13-10-30-18-21-16-23(29)17-25-24(21)8-11-31(25)19-20-4-6-22(28)7-5-20/h4-8,11,16-17,30H,9-10,12-15,18-19H2,1-3H3. The molecule has 0 fully saturated rings. The predicted octanol–water partition coefficient (Wildman–Crippen LogP) is 5.34. The van der Waals surface area contributed by atoms with Gasteiger partial charge >= 0.3 is 5.97 Å². The number of nitrogens with one attached hydrogen (secondary N) is 1. The molecule has 190 valence electrons. The fourth-order valence-electron chi connectivity index (χ4n) is 3.64. The summed E-state index contributed by atoms with van der Waals surface area (Å²) in [6.07, 6.45) is 2.20. The predicted molar refractivity (Wildman–Crippen MR) is 136 cm³/mol. The molecule has 0 atom stereocenters. The van der Waals surface area contributed by atoms with E-state index in [1.165, 1.54) is 0 Å². The molecule has 3 rings (SSSR count). The second kappa shape index (κ2) is 13.0. The Morgan fingerprint density at radius 1 is 1.03 bits per heavy atom. The summed E-state index contributed by atoms with van der Waals surface area (Å²) in [4.78, 5) is 11.6. The van der Waals surface area contributed by atoms with E-state index in [0.29, 0.717) is 51.1 Å². The van der Waals surface area contributed by atoms with Crippen molar-refractivity contribution < 1.29 is 23.4 Å². The van der Waals surface area contributed by atoms with E-state index in [1.807, 2.05) is 61.9 Å². The molecule has 0 saturated carbocycles. The lowest BCUT2D eigenvalue weighted by atomic mass is 10.1. The van der Waals surface area contributed by atoms with Crippen LogP contribution in [0.25, 0.3) is 10.9 Å². The summed E-state index contributed by atoms with van der Waals surface area (Å²) in [5.41, 5.74) is 2.38. The number of aromatic nitrogens is 1. The van der Waals surface area contributed by atoms with Crippen molar-refractivity contribution in [1.82, 2.24) is 9.88 Å². The van der Waals surface area contributed by atoms with Crippen molar-refractivity contribution in [2.45, 2.75) is 45.9 Å². The van der Waals surface area contributed by atoms with E-state index in [0.717, 1.165) is 22.0 Å². The summed E-state index contributed by atoms with van der Waals surface area (Å²) in [7, 11) is 0. The number of hydrogen-bond donors (Lipinski definition) is 1. The molecular formula is C27H34ClFN2O4. The van der Waals surface area contributed by atoms with Crippen LogP contribution in [0.4, 0.5) is 4.39 Å². The van der Waals surface area contributed by atoms with Crippen LogP contribution in [-0.2, 0) is 32.1 Å². The van der Waals surface area contributed by atoms with Crippen LogP contribution >= 0.6 is 11.6 Å². The minimum Gasteiger partial charge on any atom is -0.460 e. The fraction of sp³-hybridized carbons (Fsp3) is 0.444. The molecule has 8 heteroatoms. The molecule has 1 heterocycles. The highest BCUT2D eigenvalue weighted by molar-refractivity contribution is 6.30. The molecule has 0 radical (unpaired) electrons. The number of esters is 1. The Balaban J connectivity index is 1.36. The first-order valence-electron chi connectivity index (χ1n) is 11.8. The van der Waals surface area contributed by atoms with E-state index in [2.05, 4.69) is 5.32 Å². The first-order chi connectivity index (χ1) is 16.7. The van der Waals surface area contributed by atoms with Gasteiger partial charge in [-0.1, -0.05) is 23.7 Å². The lowest BCUT2D eigenvalue weighted by molar-refractivity contribution is -0.156. The maximum absolute atomic E-state index is 14.3. The van der Waals surface area contributed by atoms with Crippen molar-refractivity contribution in [3.63, 3.8) is 0 Å². The summed E-state index contributed by atoms with van der Waals surface area (Å²) in [5.74, 6) is -0.528. The van der Waals surface area contributed by atoms with Gasteiger partial charge in [-0.25, -0.2) is 4.39 Å². The zero-order chi connectivity index (χ0) is 25.3. The molecule has 0 aliphatic carbocycles. The smallest absolute Gasteiger partial charge is 0.308 e. The van der Waals surface area contributed by atoms with Crippen molar-refractivity contribution in [2.75, 3.05) is 33.0 Å². The van der Waals surface area contributed by atoms with Gasteiger partial charge in [0, 0.05) is 36.2 Å². The summed E-state index contributed by atoms with van der Waals surface area (Å²) >= 11 is 5.97. The summed E-state index contributed by atoms with van der Waals surface area (Å²) < 4.78 is 32.6. The number of halogens is 2. The van der Waals surface area contributed by atoms with Gasteiger partial charge in [0.25, 0.3) is 0 Å². The van der Waals surface area contributed by atoms with E-state index in [-0.39, 0.29) is 18.2 Å². The Bertz CT molecular complexity index is 1090. The van der Waals surface area contributed by atoms with Gasteiger partial charge in [-0.3, -0.25) is 4.79 Å². The highest BCUT2D eigenvalue weighted by atomic mass is 35.5. The molecule has 0 spiro atoms. The van der Waals surface area contributed by atoms with Crippen molar-refractivity contribution in [1.29, 1.82) is 0 Å². The van der Waals surface area contributed by atoms with Crippen molar-refractivity contribution >= 4 is 28.5 Å². The van der Waals surface area contributed by atoms with E-state index in [9.17, 15) is 9.18 Å². The van der Waals surface area contributed by atoms with Crippen LogP contribution in [0, 0.1) is 5.82 Å². The number of nitrogens with zero attached hydrogens (tertiary/aromatic N) is 1. The van der Waals surface area contributed by atoms with Gasteiger partial charge in [-0.2, -0.15) is 0 Å². The number of benzene rings is 2. The summed E-state index contributed by atoms with van der Waals surface area (Å²) in [6, 6.07) is 12.8. The molecule has 0 saturated heterocycles. The average molecular weight is 505 g/mol. The van der Waals surface area contributed by atoms with E-state index in [4.69, 9.17) is 25.8 Å². The molecular weight excluding hydrogens is 471 g/mol. The average Bonchev–Trinajstić information content (AvgIpc) is 3.17. The van der Waals surface area contributed by atoms with E-state index in [1.54, 1.807) is 12.1 Å². The van der Waals surface area contributed by atoms with E-state index < -0.39 is 5.60 Å². The van der Waals surface area contributed by atoms with Crippen molar-refractivity contribution in [3.05, 3.63) is 70.6 Å². The molecule has 2 aromatic carbocycles. The lowest BCUT2D eigenvalue weighted by Crippen LogP contribution is -2.24. The Kier molecular flexibility index (Phi) is 10.1. The van der Waals surface area contributed by atoms with Crippen molar-refractivity contribution in [2.24, 2.45) is 0 Å². The lowest BCUT2D eigenvalue weighted by Gasteiger charge is -2.19. The number of carbonyl (C=O) groups excluding carboxylic acids is 1. The molecule has 0 aliphatic rings. The van der Waals surface area contributed by atoms with E-state index >= 15 is 0 Å². The van der Waals surface area contributed by atoms with Crippen LogP contribution in [0.1, 0.15) is 38.3 Å². The zero-order valence-corrected chi connectivity index (χ0v) is 21.4.